The Morgan fingerprint density at radius 3 is 2.70 bits per heavy atom. The normalized spacial score (nSPS) is 10.2. The summed E-state index contributed by atoms with van der Waals surface area (Å²) in [7, 11) is 1.49. The minimum Gasteiger partial charge on any atom is -0.490 e. The van der Waals surface area contributed by atoms with Gasteiger partial charge in [0.1, 0.15) is 12.1 Å². The van der Waals surface area contributed by atoms with Crippen LogP contribution in [0.3, 0.4) is 0 Å². The van der Waals surface area contributed by atoms with E-state index in [9.17, 15) is 4.39 Å². The van der Waals surface area contributed by atoms with Crippen LogP contribution in [-0.4, -0.2) is 23.6 Å². The molecule has 1 aromatic heterocycles. The van der Waals surface area contributed by atoms with Crippen LogP contribution in [-0.2, 0) is 0 Å². The molecule has 0 amide bonds. The van der Waals surface area contributed by atoms with E-state index in [2.05, 4.69) is 20.6 Å². The second kappa shape index (κ2) is 6.38. The third-order valence-corrected chi connectivity index (χ3v) is 2.87. The summed E-state index contributed by atoms with van der Waals surface area (Å²) in [6.07, 6.45) is 1.36. The quantitative estimate of drug-likeness (QED) is 0.885. The van der Waals surface area contributed by atoms with E-state index in [4.69, 9.17) is 16.3 Å². The van der Waals surface area contributed by atoms with Gasteiger partial charge < -0.3 is 15.4 Å². The molecule has 2 aromatic rings. The van der Waals surface area contributed by atoms with Gasteiger partial charge in [0.15, 0.2) is 11.6 Å². The van der Waals surface area contributed by atoms with E-state index in [-0.39, 0.29) is 10.7 Å². The van der Waals surface area contributed by atoms with Gasteiger partial charge in [0.05, 0.1) is 17.8 Å². The van der Waals surface area contributed by atoms with Crippen molar-refractivity contribution in [2.24, 2.45) is 0 Å². The molecule has 0 saturated carbocycles. The Kier molecular flexibility index (Phi) is 4.57. The third-order valence-electron chi connectivity index (χ3n) is 2.56. The molecule has 7 heteroatoms. The molecule has 1 aromatic carbocycles. The van der Waals surface area contributed by atoms with Crippen molar-refractivity contribution in [3.8, 4) is 5.75 Å². The summed E-state index contributed by atoms with van der Waals surface area (Å²) in [4.78, 5) is 8.13. The maximum absolute atomic E-state index is 13.8. The van der Waals surface area contributed by atoms with Crippen LogP contribution in [0.5, 0.6) is 5.75 Å². The molecule has 106 valence electrons. The zero-order valence-corrected chi connectivity index (χ0v) is 11.8. The third kappa shape index (κ3) is 2.91. The van der Waals surface area contributed by atoms with Crippen LogP contribution >= 0.6 is 11.6 Å². The van der Waals surface area contributed by atoms with Gasteiger partial charge in [0, 0.05) is 6.54 Å². The van der Waals surface area contributed by atoms with E-state index in [1.165, 1.54) is 25.6 Å². The second-order valence-corrected chi connectivity index (χ2v) is 4.26. The van der Waals surface area contributed by atoms with Crippen molar-refractivity contribution in [1.82, 2.24) is 9.97 Å². The lowest BCUT2D eigenvalue weighted by atomic mass is 10.3. The number of anilines is 3. The van der Waals surface area contributed by atoms with Crippen LogP contribution in [0, 0.1) is 5.82 Å². The smallest absolute Gasteiger partial charge is 0.204 e. The Labute approximate surface area is 121 Å². The molecule has 0 atom stereocenters. The number of hydrogen-bond donors (Lipinski definition) is 2. The van der Waals surface area contributed by atoms with Gasteiger partial charge in [-0.3, -0.25) is 0 Å². The van der Waals surface area contributed by atoms with Gasteiger partial charge in [-0.25, -0.2) is 14.4 Å². The number of ether oxygens (including phenoxy) is 1. The van der Waals surface area contributed by atoms with Crippen molar-refractivity contribution >= 4 is 28.9 Å². The molecule has 2 rings (SSSR count). The Hall–Kier alpha value is -2.08. The molecule has 20 heavy (non-hydrogen) atoms. The molecule has 0 aliphatic carbocycles. The fourth-order valence-corrected chi connectivity index (χ4v) is 1.90. The molecule has 0 bridgehead atoms. The first-order valence-electron chi connectivity index (χ1n) is 6.01. The van der Waals surface area contributed by atoms with Gasteiger partial charge in [0.25, 0.3) is 0 Å². The first kappa shape index (κ1) is 14.3. The van der Waals surface area contributed by atoms with Crippen LogP contribution in [0.2, 0.25) is 5.02 Å². The molecular formula is C13H14ClFN4O. The largest absolute Gasteiger partial charge is 0.490 e. The number of para-hydroxylation sites is 1. The van der Waals surface area contributed by atoms with Crippen LogP contribution < -0.4 is 15.4 Å². The van der Waals surface area contributed by atoms with Crippen LogP contribution in [0.25, 0.3) is 0 Å². The Bertz CT molecular complexity index is 589. The first-order chi connectivity index (χ1) is 9.67. The van der Waals surface area contributed by atoms with Crippen molar-refractivity contribution in [2.75, 3.05) is 24.3 Å². The lowest BCUT2D eigenvalue weighted by Gasteiger charge is -2.14. The number of halogens is 2. The molecule has 0 saturated heterocycles. The molecule has 0 radical (unpaired) electrons. The SMILES string of the molecule is CCNc1ncnc(Nc2c(F)cccc2Cl)c1OC. The highest BCUT2D eigenvalue weighted by atomic mass is 35.5. The van der Waals surface area contributed by atoms with Gasteiger partial charge in [-0.15, -0.1) is 0 Å². The van der Waals surface area contributed by atoms with Crippen molar-refractivity contribution in [3.63, 3.8) is 0 Å². The number of rotatable bonds is 5. The Balaban J connectivity index is 2.41. The number of aromatic nitrogens is 2. The summed E-state index contributed by atoms with van der Waals surface area (Å²) in [5.74, 6) is 0.794. The first-order valence-corrected chi connectivity index (χ1v) is 6.39. The highest BCUT2D eigenvalue weighted by molar-refractivity contribution is 6.33. The summed E-state index contributed by atoms with van der Waals surface area (Å²) in [5.41, 5.74) is 0.147. The van der Waals surface area contributed by atoms with Crippen LogP contribution in [0.4, 0.5) is 21.7 Å². The van der Waals surface area contributed by atoms with Crippen molar-refractivity contribution in [2.45, 2.75) is 6.92 Å². The maximum atomic E-state index is 13.8. The monoisotopic (exact) mass is 296 g/mol. The van der Waals surface area contributed by atoms with Crippen LogP contribution in [0.1, 0.15) is 6.92 Å². The average molecular weight is 297 g/mol. The number of methoxy groups -OCH3 is 1. The van der Waals surface area contributed by atoms with Gasteiger partial charge in [-0.2, -0.15) is 0 Å². The van der Waals surface area contributed by atoms with E-state index in [0.717, 1.165) is 0 Å². The predicted octanol–water partition coefficient (Wildman–Crippen LogP) is 3.45. The standard InChI is InChI=1S/C13H14ClFN4O/c1-3-16-12-11(20-2)13(18-7-17-12)19-10-8(14)5-4-6-9(10)15/h4-7H,3H2,1-2H3,(H2,16,17,18,19). The molecular weight excluding hydrogens is 283 g/mol. The molecule has 1 heterocycles. The fraction of sp³-hybridized carbons (Fsp3) is 0.231. The molecule has 5 nitrogen and oxygen atoms in total. The lowest BCUT2D eigenvalue weighted by Crippen LogP contribution is -2.06. The molecule has 2 N–H and O–H groups in total. The molecule has 0 aliphatic heterocycles. The van der Waals surface area contributed by atoms with E-state index in [0.29, 0.717) is 23.9 Å². The van der Waals surface area contributed by atoms with Crippen molar-refractivity contribution in [3.05, 3.63) is 35.4 Å². The van der Waals surface area contributed by atoms with Gasteiger partial charge in [0.2, 0.25) is 5.75 Å². The summed E-state index contributed by atoms with van der Waals surface area (Å²) < 4.78 is 19.0. The number of nitrogens with one attached hydrogen (secondary N) is 2. The maximum Gasteiger partial charge on any atom is 0.204 e. The van der Waals surface area contributed by atoms with E-state index in [1.54, 1.807) is 6.07 Å². The van der Waals surface area contributed by atoms with E-state index in [1.807, 2.05) is 6.92 Å². The zero-order chi connectivity index (χ0) is 14.5. The highest BCUT2D eigenvalue weighted by Gasteiger charge is 2.15. The Morgan fingerprint density at radius 1 is 1.30 bits per heavy atom. The minimum absolute atomic E-state index is 0.147. The molecule has 0 unspecified atom stereocenters. The highest BCUT2D eigenvalue weighted by Crippen LogP contribution is 2.34. The number of hydrogen-bond acceptors (Lipinski definition) is 5. The summed E-state index contributed by atoms with van der Waals surface area (Å²) in [6.45, 7) is 2.61. The van der Waals surface area contributed by atoms with Gasteiger partial charge in [-0.1, -0.05) is 17.7 Å². The van der Waals surface area contributed by atoms with Crippen molar-refractivity contribution < 1.29 is 9.13 Å². The summed E-state index contributed by atoms with van der Waals surface area (Å²) >= 11 is 5.97. The second-order valence-electron chi connectivity index (χ2n) is 3.86. The minimum atomic E-state index is -0.469. The summed E-state index contributed by atoms with van der Waals surface area (Å²) in [6, 6.07) is 4.43. The lowest BCUT2D eigenvalue weighted by molar-refractivity contribution is 0.415. The zero-order valence-electron chi connectivity index (χ0n) is 11.1. The Morgan fingerprint density at radius 2 is 2.05 bits per heavy atom. The number of nitrogens with zero attached hydrogens (tertiary/aromatic N) is 2. The van der Waals surface area contributed by atoms with E-state index >= 15 is 0 Å². The number of benzene rings is 1. The van der Waals surface area contributed by atoms with Gasteiger partial charge >= 0.3 is 0 Å². The molecule has 0 spiro atoms. The van der Waals surface area contributed by atoms with Gasteiger partial charge in [-0.05, 0) is 19.1 Å². The topological polar surface area (TPSA) is 59.1 Å². The molecule has 0 aliphatic rings. The molecule has 0 fully saturated rings. The predicted molar refractivity (Wildman–Crippen MR) is 77.4 cm³/mol. The van der Waals surface area contributed by atoms with Crippen molar-refractivity contribution in [1.29, 1.82) is 0 Å². The average Bonchev–Trinajstić information content (AvgIpc) is 2.43. The van der Waals surface area contributed by atoms with E-state index < -0.39 is 5.82 Å². The summed E-state index contributed by atoms with van der Waals surface area (Å²) in [5, 5.41) is 6.14. The van der Waals surface area contributed by atoms with Crippen LogP contribution in [0.15, 0.2) is 24.5 Å². The fourth-order valence-electron chi connectivity index (χ4n) is 1.69.